The minimum Gasteiger partial charge on any atom is -0.279 e. The molecule has 0 aliphatic carbocycles. The predicted octanol–water partition coefficient (Wildman–Crippen LogP) is 10.5. The second-order valence-corrected chi connectivity index (χ2v) is 22.7. The van der Waals surface area contributed by atoms with Crippen molar-refractivity contribution >= 4 is 71.5 Å². The van der Waals surface area contributed by atoms with Crippen LogP contribution in [-0.2, 0) is 0 Å². The number of hydrogen-bond donors (Lipinski definition) is 2. The Morgan fingerprint density at radius 3 is 0.788 bits per heavy atom. The number of rotatable bonds is 12. The quantitative estimate of drug-likeness (QED) is 0.120. The average Bonchev–Trinajstić information content (AvgIpc) is 3.39. The highest BCUT2D eigenvalue weighted by atomic mass is 31.1. The van der Waals surface area contributed by atoms with E-state index in [1.807, 2.05) is 13.8 Å². The van der Waals surface area contributed by atoms with Crippen molar-refractivity contribution < 1.29 is 0 Å². The molecule has 2 atom stereocenters. The van der Waals surface area contributed by atoms with Crippen LogP contribution >= 0.6 is 23.8 Å². The van der Waals surface area contributed by atoms with Gasteiger partial charge in [-0.15, -0.1) is 0 Å². The number of nitrogens with one attached hydrogen (secondary N) is 2. The van der Waals surface area contributed by atoms with E-state index in [1.165, 1.54) is 64.4 Å². The zero-order valence-corrected chi connectivity index (χ0v) is 40.5. The van der Waals surface area contributed by atoms with Gasteiger partial charge in [0.2, 0.25) is 0 Å². The lowest BCUT2D eigenvalue weighted by molar-refractivity contribution is 0.0417. The number of hydrogen-bond acceptors (Lipinski definition) is 3. The normalized spacial score (nSPS) is 16.2. The summed E-state index contributed by atoms with van der Waals surface area (Å²) in [6, 6.07) is 94.1. The molecule has 1 fully saturated rings. The molecule has 6 heteroatoms. The third-order valence-corrected chi connectivity index (χ3v) is 19.2. The van der Waals surface area contributed by atoms with Gasteiger partial charge in [0.1, 0.15) is 0 Å². The molecule has 0 radical (unpaired) electrons. The fourth-order valence-electron chi connectivity index (χ4n) is 8.92. The molecule has 0 bridgehead atoms. The van der Waals surface area contributed by atoms with Crippen molar-refractivity contribution in [3.8, 4) is 0 Å². The Morgan fingerprint density at radius 1 is 0.288 bits per heavy atom. The van der Waals surface area contributed by atoms with Gasteiger partial charge in [-0.1, -0.05) is 250 Å². The zero-order chi connectivity index (χ0) is 45.1. The van der Waals surface area contributed by atoms with Gasteiger partial charge in [0.25, 0.3) is 0 Å². The van der Waals surface area contributed by atoms with Crippen molar-refractivity contribution in [1.29, 1.82) is 0 Å². The van der Waals surface area contributed by atoms with Crippen LogP contribution in [0.15, 0.2) is 255 Å². The second-order valence-electron chi connectivity index (χ2n) is 16.0. The highest BCUT2D eigenvalue weighted by molar-refractivity contribution is 7.80. The fraction of sp³-hybridized carbons (Fsp3) is 0.100. The predicted molar refractivity (Wildman–Crippen MR) is 289 cm³/mol. The minimum atomic E-state index is -0.777. The van der Waals surface area contributed by atoms with Crippen molar-refractivity contribution in [2.75, 3.05) is 7.05 Å². The molecule has 0 amide bonds. The lowest BCUT2D eigenvalue weighted by Crippen LogP contribution is -2.55. The molecular formula is C60H56N3P3. The molecule has 3 nitrogen and oxygen atoms in total. The Hall–Kier alpha value is -5.85. The molecule has 1 aliphatic heterocycles. The lowest BCUT2D eigenvalue weighted by Gasteiger charge is -2.46. The number of benzene rings is 9. The molecular weight excluding hydrogens is 856 g/mol. The van der Waals surface area contributed by atoms with Crippen LogP contribution in [0.4, 0.5) is 0 Å². The highest BCUT2D eigenvalue weighted by Crippen LogP contribution is 2.40. The lowest BCUT2D eigenvalue weighted by atomic mass is 10.0. The first kappa shape index (κ1) is 45.3. The third kappa shape index (κ3) is 10.2. The van der Waals surface area contributed by atoms with Crippen LogP contribution in [0.2, 0.25) is 0 Å². The zero-order valence-electron chi connectivity index (χ0n) is 37.8. The van der Waals surface area contributed by atoms with Gasteiger partial charge < -0.3 is 0 Å². The van der Waals surface area contributed by atoms with Crippen molar-refractivity contribution in [3.63, 3.8) is 0 Å². The summed E-state index contributed by atoms with van der Waals surface area (Å²) >= 11 is 0. The van der Waals surface area contributed by atoms with E-state index >= 15 is 0 Å². The van der Waals surface area contributed by atoms with E-state index in [-0.39, 0.29) is 18.5 Å². The van der Waals surface area contributed by atoms with Gasteiger partial charge in [-0.2, -0.15) is 0 Å². The summed E-state index contributed by atoms with van der Waals surface area (Å²) in [7, 11) is -0.0661. The van der Waals surface area contributed by atoms with Crippen LogP contribution in [0.25, 0.3) is 0 Å². The van der Waals surface area contributed by atoms with Crippen molar-refractivity contribution in [2.45, 2.75) is 32.3 Å². The summed E-state index contributed by atoms with van der Waals surface area (Å²) in [6.45, 7) is 4.00. The molecule has 2 unspecified atom stereocenters. The monoisotopic (exact) mass is 911 g/mol. The van der Waals surface area contributed by atoms with Gasteiger partial charge in [-0.3, -0.25) is 15.5 Å². The molecule has 9 aromatic carbocycles. The van der Waals surface area contributed by atoms with Crippen LogP contribution in [-0.4, -0.2) is 11.9 Å². The molecule has 0 aromatic heterocycles. The summed E-state index contributed by atoms with van der Waals surface area (Å²) < 4.78 is 0. The molecule has 1 heterocycles. The van der Waals surface area contributed by atoms with Crippen LogP contribution in [0.5, 0.6) is 0 Å². The summed E-state index contributed by atoms with van der Waals surface area (Å²) in [5.41, 5.74) is 3.71. The summed E-state index contributed by atoms with van der Waals surface area (Å²) in [5, 5.41) is 20.4. The van der Waals surface area contributed by atoms with Crippen LogP contribution < -0.4 is 58.4 Å². The number of nitrogens with zero attached hydrogens (tertiary/aromatic N) is 1. The van der Waals surface area contributed by atoms with Gasteiger partial charge in [-0.05, 0) is 113 Å². The largest absolute Gasteiger partial charge is 0.279 e. The maximum atomic E-state index is 4.15. The average molecular weight is 912 g/mol. The van der Waals surface area contributed by atoms with Crippen molar-refractivity contribution in [2.24, 2.45) is 0 Å². The van der Waals surface area contributed by atoms with E-state index in [0.29, 0.717) is 0 Å². The fourth-order valence-corrected chi connectivity index (χ4v) is 16.0. The first-order valence-electron chi connectivity index (χ1n) is 22.9. The van der Waals surface area contributed by atoms with Gasteiger partial charge in [-0.25, -0.2) is 0 Å². The van der Waals surface area contributed by atoms with E-state index in [1.54, 1.807) is 0 Å². The Labute approximate surface area is 395 Å². The maximum Gasteiger partial charge on any atom is 0.0888 e. The van der Waals surface area contributed by atoms with Gasteiger partial charge >= 0.3 is 0 Å². The Kier molecular flexibility index (Phi) is 15.2. The smallest absolute Gasteiger partial charge is 0.0888 e. The van der Waals surface area contributed by atoms with E-state index in [2.05, 4.69) is 277 Å². The molecule has 0 spiro atoms. The van der Waals surface area contributed by atoms with E-state index in [4.69, 9.17) is 0 Å². The molecule has 1 saturated heterocycles. The van der Waals surface area contributed by atoms with E-state index < -0.39 is 23.8 Å². The van der Waals surface area contributed by atoms with Crippen molar-refractivity contribution in [1.82, 2.24) is 15.5 Å². The van der Waals surface area contributed by atoms with Crippen LogP contribution in [0.3, 0.4) is 0 Å². The second kappa shape index (κ2) is 22.1. The first-order valence-corrected chi connectivity index (χ1v) is 26.9. The third-order valence-electron chi connectivity index (χ3n) is 11.9. The highest BCUT2D eigenvalue weighted by Gasteiger charge is 2.36. The van der Waals surface area contributed by atoms with E-state index in [0.717, 1.165) is 0 Å². The van der Waals surface area contributed by atoms with Gasteiger partial charge in [0.05, 0.1) is 18.5 Å². The summed E-state index contributed by atoms with van der Waals surface area (Å²) in [4.78, 5) is 2.49. The molecule has 9 aromatic rings. The molecule has 2 N–H and O–H groups in total. The Morgan fingerprint density at radius 2 is 0.515 bits per heavy atom. The standard InChI is InChI=1S/C58H50N3P3.C2H6/c1-61-57(45-24-21-39-54(42-45)63(49-30-12-4-13-31-49)50-32-14-5-15-33-50)59-56(44-23-20-38-53(41-44)62(47-26-8-2-9-27-47)48-28-10-3-11-29-48)60-58(61)46-25-22-40-55(43-46)64(51-34-16-6-17-35-51)52-36-18-7-19-37-52;1-2/h2-43,56-60H,1H3;1-2H3. The van der Waals surface area contributed by atoms with Crippen molar-refractivity contribution in [3.05, 3.63) is 271 Å². The molecule has 10 rings (SSSR count). The van der Waals surface area contributed by atoms with Gasteiger partial charge in [0.15, 0.2) is 0 Å². The van der Waals surface area contributed by atoms with E-state index in [9.17, 15) is 0 Å². The molecule has 0 saturated carbocycles. The van der Waals surface area contributed by atoms with Gasteiger partial charge in [0, 0.05) is 0 Å². The Balaban J connectivity index is 0.00000270. The molecule has 66 heavy (non-hydrogen) atoms. The molecule has 1 aliphatic rings. The first-order chi connectivity index (χ1) is 32.7. The van der Waals surface area contributed by atoms with Crippen LogP contribution in [0, 0.1) is 0 Å². The SMILES string of the molecule is CC.CN1C(c2cccc(P(c3ccccc3)c3ccccc3)c2)NC(c2cccc(P(c3ccccc3)c3ccccc3)c2)NC1c1cccc(P(c2ccccc2)c2ccccc2)c1. The minimum absolute atomic E-state index is 0.0959. The Bertz CT molecular complexity index is 2630. The summed E-state index contributed by atoms with van der Waals surface area (Å²) in [5.74, 6) is 0. The topological polar surface area (TPSA) is 27.3 Å². The maximum absolute atomic E-state index is 4.15. The van der Waals surface area contributed by atoms with Crippen LogP contribution in [0.1, 0.15) is 49.0 Å². The summed E-state index contributed by atoms with van der Waals surface area (Å²) in [6.07, 6.45) is -0.334. The molecule has 326 valence electrons.